The molecule has 3 rings (SSSR count). The van der Waals surface area contributed by atoms with Crippen LogP contribution in [0.15, 0.2) is 78.9 Å². The number of hydrogen-bond donors (Lipinski definition) is 0. The zero-order valence-corrected chi connectivity index (χ0v) is 12.6. The number of benzene rings is 3. The van der Waals surface area contributed by atoms with Gasteiger partial charge in [0.25, 0.3) is 0 Å². The van der Waals surface area contributed by atoms with Gasteiger partial charge in [0.15, 0.2) is 0 Å². The van der Waals surface area contributed by atoms with Gasteiger partial charge in [0, 0.05) is 5.56 Å². The number of hydrogen-bond acceptors (Lipinski definition) is 2. The fourth-order valence-corrected chi connectivity index (χ4v) is 2.28. The average Bonchev–Trinajstić information content (AvgIpc) is 2.57. The Morgan fingerprint density at radius 2 is 1.33 bits per heavy atom. The molecule has 1 atom stereocenters. The van der Waals surface area contributed by atoms with Crippen molar-refractivity contribution in [2.24, 2.45) is 0 Å². The second-order valence-electron chi connectivity index (χ2n) is 4.56. The van der Waals surface area contributed by atoms with E-state index in [1.165, 1.54) is 0 Å². The predicted octanol–water partition coefficient (Wildman–Crippen LogP) is 5.31. The largest absolute Gasteiger partial charge is 0.480 e. The number of ether oxygens (including phenoxy) is 1. The van der Waals surface area contributed by atoms with Crippen molar-refractivity contribution in [3.63, 3.8) is 0 Å². The minimum atomic E-state index is 0.777. The molecule has 0 bridgehead atoms. The van der Waals surface area contributed by atoms with Crippen LogP contribution in [-0.4, -0.2) is 0 Å². The predicted molar refractivity (Wildman–Crippen MR) is 88.7 cm³/mol. The van der Waals surface area contributed by atoms with Gasteiger partial charge in [-0.15, -0.1) is 0 Å². The number of para-hydroxylation sites is 1. The second-order valence-corrected chi connectivity index (χ2v) is 4.79. The van der Waals surface area contributed by atoms with E-state index in [1.54, 1.807) is 0 Å². The molecule has 0 aliphatic heterocycles. The first-order chi connectivity index (χ1) is 10.4. The van der Waals surface area contributed by atoms with E-state index >= 15 is 0 Å². The van der Waals surface area contributed by atoms with Gasteiger partial charge in [-0.2, -0.15) is 0 Å². The van der Waals surface area contributed by atoms with Crippen molar-refractivity contribution in [3.05, 3.63) is 78.9 Å². The Hall–Kier alpha value is -2.31. The summed E-state index contributed by atoms with van der Waals surface area (Å²) in [6.45, 7) is 0. The van der Waals surface area contributed by atoms with Crippen LogP contribution >= 0.6 is 9.47 Å². The fourth-order valence-electron chi connectivity index (χ4n) is 2.13. The highest BCUT2D eigenvalue weighted by molar-refractivity contribution is 7.10. The summed E-state index contributed by atoms with van der Waals surface area (Å²) < 4.78 is 11.2. The topological polar surface area (TPSA) is 18.5 Å². The van der Waals surface area contributed by atoms with E-state index < -0.39 is 0 Å². The van der Waals surface area contributed by atoms with Crippen LogP contribution in [0.25, 0.3) is 11.1 Å². The van der Waals surface area contributed by atoms with Crippen LogP contribution in [0.3, 0.4) is 0 Å². The van der Waals surface area contributed by atoms with Crippen LogP contribution in [0.2, 0.25) is 0 Å². The molecule has 1 unspecified atom stereocenters. The summed E-state index contributed by atoms with van der Waals surface area (Å²) in [5.41, 5.74) is 2.09. The van der Waals surface area contributed by atoms with Gasteiger partial charge in [-0.25, -0.2) is 0 Å². The average molecular weight is 294 g/mol. The Morgan fingerprint density at radius 3 is 2.00 bits per heavy atom. The number of rotatable bonds is 4. The molecular weight excluding hydrogens is 279 g/mol. The third-order valence-electron chi connectivity index (χ3n) is 3.14. The second kappa shape index (κ2) is 6.43. The maximum Gasteiger partial charge on any atom is 0.135 e. The van der Waals surface area contributed by atoms with Crippen molar-refractivity contribution >= 4 is 9.47 Å². The molecule has 3 heteroatoms. The van der Waals surface area contributed by atoms with Gasteiger partial charge in [0.1, 0.15) is 17.2 Å². The molecule has 0 saturated carbocycles. The Labute approximate surface area is 126 Å². The van der Waals surface area contributed by atoms with Crippen LogP contribution in [0, 0.1) is 0 Å². The molecule has 0 amide bonds. The van der Waals surface area contributed by atoms with E-state index in [9.17, 15) is 0 Å². The summed E-state index contributed by atoms with van der Waals surface area (Å²) in [5.74, 6) is 2.40. The molecule has 0 aromatic heterocycles. The summed E-state index contributed by atoms with van der Waals surface area (Å²) in [4.78, 5) is 0. The summed E-state index contributed by atoms with van der Waals surface area (Å²) in [6, 6.07) is 25.7. The molecular formula is C18H15O2P. The van der Waals surface area contributed by atoms with Crippen LogP contribution in [0.5, 0.6) is 17.2 Å². The third-order valence-corrected chi connectivity index (χ3v) is 3.42. The van der Waals surface area contributed by atoms with Gasteiger partial charge in [0.2, 0.25) is 0 Å². The first-order valence-corrected chi connectivity index (χ1v) is 7.13. The molecule has 0 saturated heterocycles. The molecule has 0 aliphatic rings. The zero-order valence-electron chi connectivity index (χ0n) is 11.4. The van der Waals surface area contributed by atoms with Crippen molar-refractivity contribution in [2.45, 2.75) is 0 Å². The van der Waals surface area contributed by atoms with Crippen molar-refractivity contribution in [2.75, 3.05) is 0 Å². The lowest BCUT2D eigenvalue weighted by molar-refractivity contribution is 0.483. The molecule has 3 aromatic rings. The van der Waals surface area contributed by atoms with Crippen molar-refractivity contribution in [3.8, 4) is 28.4 Å². The lowest BCUT2D eigenvalue weighted by Crippen LogP contribution is -1.89. The molecule has 0 radical (unpaired) electrons. The monoisotopic (exact) mass is 294 g/mol. The van der Waals surface area contributed by atoms with Gasteiger partial charge in [0.05, 0.1) is 9.47 Å². The van der Waals surface area contributed by atoms with E-state index in [0.29, 0.717) is 0 Å². The molecule has 2 nitrogen and oxygen atoms in total. The van der Waals surface area contributed by atoms with Gasteiger partial charge in [-0.05, 0) is 35.9 Å². The van der Waals surface area contributed by atoms with Gasteiger partial charge < -0.3 is 9.26 Å². The Kier molecular flexibility index (Phi) is 4.18. The molecule has 104 valence electrons. The maximum absolute atomic E-state index is 6.00. The highest BCUT2D eigenvalue weighted by atomic mass is 31.0. The maximum atomic E-state index is 6.00. The minimum absolute atomic E-state index is 0.777. The highest BCUT2D eigenvalue weighted by Crippen LogP contribution is 2.36. The molecule has 3 aromatic carbocycles. The van der Waals surface area contributed by atoms with Crippen molar-refractivity contribution < 1.29 is 9.26 Å². The first-order valence-electron chi connectivity index (χ1n) is 6.66. The van der Waals surface area contributed by atoms with Crippen LogP contribution < -0.4 is 9.26 Å². The normalized spacial score (nSPS) is 10.1. The summed E-state index contributed by atoms with van der Waals surface area (Å²) in [6.07, 6.45) is 0. The molecule has 0 N–H and O–H groups in total. The molecule has 21 heavy (non-hydrogen) atoms. The summed E-state index contributed by atoms with van der Waals surface area (Å²) >= 11 is 0. The van der Waals surface area contributed by atoms with Crippen LogP contribution in [0.4, 0.5) is 0 Å². The molecule has 0 aliphatic carbocycles. The van der Waals surface area contributed by atoms with Gasteiger partial charge in [-0.3, -0.25) is 0 Å². The van der Waals surface area contributed by atoms with Crippen molar-refractivity contribution in [1.29, 1.82) is 0 Å². The lowest BCUT2D eigenvalue weighted by Gasteiger charge is -2.13. The van der Waals surface area contributed by atoms with E-state index in [2.05, 4.69) is 21.6 Å². The van der Waals surface area contributed by atoms with Crippen molar-refractivity contribution in [1.82, 2.24) is 0 Å². The third kappa shape index (κ3) is 3.24. The van der Waals surface area contributed by atoms with Crippen LogP contribution in [0.1, 0.15) is 0 Å². The Bertz CT molecular complexity index is 712. The van der Waals surface area contributed by atoms with Gasteiger partial charge in [-0.1, -0.05) is 48.5 Å². The zero-order chi connectivity index (χ0) is 14.5. The van der Waals surface area contributed by atoms with E-state index in [1.807, 2.05) is 66.7 Å². The van der Waals surface area contributed by atoms with E-state index in [-0.39, 0.29) is 0 Å². The molecule has 0 fully saturated rings. The molecule has 0 spiro atoms. The Morgan fingerprint density at radius 1 is 0.667 bits per heavy atom. The molecule has 0 heterocycles. The van der Waals surface area contributed by atoms with E-state index in [0.717, 1.165) is 28.4 Å². The Balaban J connectivity index is 2.04. The summed E-state index contributed by atoms with van der Waals surface area (Å²) in [5, 5.41) is 0. The smallest absolute Gasteiger partial charge is 0.135 e. The van der Waals surface area contributed by atoms with E-state index in [4.69, 9.17) is 9.26 Å². The summed E-state index contributed by atoms with van der Waals surface area (Å²) in [7, 11) is 2.27. The fraction of sp³-hybridized carbons (Fsp3) is 0. The van der Waals surface area contributed by atoms with Crippen LogP contribution in [-0.2, 0) is 0 Å². The SMILES string of the molecule is POc1ccc(Oc2ccccc2)c(-c2ccccc2)c1. The highest BCUT2D eigenvalue weighted by Gasteiger charge is 2.09. The first kappa shape index (κ1) is 13.7. The standard InChI is InChI=1S/C18H15O2P/c21-20-16-11-12-18(19-15-9-5-2-6-10-15)17(13-16)14-7-3-1-4-8-14/h1-13H,21H2. The quantitative estimate of drug-likeness (QED) is 0.607. The minimum Gasteiger partial charge on any atom is -0.480 e. The lowest BCUT2D eigenvalue weighted by atomic mass is 10.0. The van der Waals surface area contributed by atoms with Gasteiger partial charge >= 0.3 is 0 Å².